The van der Waals surface area contributed by atoms with E-state index in [1.54, 1.807) is 20.8 Å². The van der Waals surface area contributed by atoms with Crippen LogP contribution in [0.1, 0.15) is 32.8 Å². The number of hydrazine groups is 1. The summed E-state index contributed by atoms with van der Waals surface area (Å²) >= 11 is 0. The number of amides is 3. The van der Waals surface area contributed by atoms with Crippen LogP contribution in [-0.2, 0) is 20.9 Å². The summed E-state index contributed by atoms with van der Waals surface area (Å²) in [6.45, 7) is 5.58. The quantitative estimate of drug-likeness (QED) is 0.866. The monoisotopic (exact) mass is 349 g/mol. The minimum absolute atomic E-state index is 0.119. The van der Waals surface area contributed by atoms with Crippen LogP contribution in [0.3, 0.4) is 0 Å². The lowest BCUT2D eigenvalue weighted by Crippen LogP contribution is -2.49. The first-order valence-electron chi connectivity index (χ1n) is 8.03. The maximum atomic E-state index is 12.2. The van der Waals surface area contributed by atoms with Gasteiger partial charge in [0.05, 0.1) is 0 Å². The highest BCUT2D eigenvalue weighted by Gasteiger charge is 2.35. The van der Waals surface area contributed by atoms with E-state index in [4.69, 9.17) is 9.47 Å². The van der Waals surface area contributed by atoms with E-state index in [0.717, 1.165) is 10.6 Å². The largest absolute Gasteiger partial charge is 0.445 e. The maximum absolute atomic E-state index is 12.2. The molecule has 1 saturated heterocycles. The first-order chi connectivity index (χ1) is 11.7. The van der Waals surface area contributed by atoms with Crippen molar-refractivity contribution < 1.29 is 23.9 Å². The lowest BCUT2D eigenvalue weighted by molar-refractivity contribution is -0.132. The molecule has 0 spiro atoms. The number of ether oxygens (including phenoxy) is 2. The lowest BCUT2D eigenvalue weighted by Gasteiger charge is -2.23. The molecule has 0 aliphatic carbocycles. The summed E-state index contributed by atoms with van der Waals surface area (Å²) in [6, 6.07) is 8.49. The number of hydrogen-bond acceptors (Lipinski definition) is 5. The molecule has 0 unspecified atom stereocenters. The van der Waals surface area contributed by atoms with Crippen LogP contribution in [0.5, 0.6) is 0 Å². The summed E-state index contributed by atoms with van der Waals surface area (Å²) in [5, 5.41) is 3.64. The maximum Gasteiger partial charge on any atom is 0.426 e. The van der Waals surface area contributed by atoms with E-state index in [1.165, 1.54) is 0 Å². The van der Waals surface area contributed by atoms with Crippen molar-refractivity contribution in [2.75, 3.05) is 6.54 Å². The third-order valence-electron chi connectivity index (χ3n) is 3.34. The van der Waals surface area contributed by atoms with Crippen LogP contribution in [-0.4, -0.2) is 41.3 Å². The second-order valence-electron chi connectivity index (χ2n) is 6.65. The second kappa shape index (κ2) is 7.87. The van der Waals surface area contributed by atoms with Gasteiger partial charge < -0.3 is 14.8 Å². The van der Waals surface area contributed by atoms with Crippen LogP contribution >= 0.6 is 0 Å². The van der Waals surface area contributed by atoms with Gasteiger partial charge in [-0.05, 0) is 32.8 Å². The molecule has 1 heterocycles. The summed E-state index contributed by atoms with van der Waals surface area (Å²) in [5.41, 5.74) is 2.57. The van der Waals surface area contributed by atoms with Gasteiger partial charge in [-0.1, -0.05) is 30.3 Å². The van der Waals surface area contributed by atoms with Crippen LogP contribution in [0.15, 0.2) is 30.3 Å². The zero-order chi connectivity index (χ0) is 18.4. The van der Waals surface area contributed by atoms with Gasteiger partial charge in [-0.2, -0.15) is 0 Å². The standard InChI is InChI=1S/C17H23N3O5/c1-17(2,3)25-16(23)19-20-10-9-13(14(20)21)18-15(22)24-11-12-7-5-4-6-8-12/h4-8,13H,9-11H2,1-3H3,(H,18,22)(H,19,23)/t13-/m1/s1. The Morgan fingerprint density at radius 2 is 1.88 bits per heavy atom. The van der Waals surface area contributed by atoms with E-state index >= 15 is 0 Å². The lowest BCUT2D eigenvalue weighted by atomic mass is 10.2. The Balaban J connectivity index is 1.77. The molecule has 8 nitrogen and oxygen atoms in total. The average Bonchev–Trinajstić information content (AvgIpc) is 2.85. The van der Waals surface area contributed by atoms with E-state index in [2.05, 4.69) is 10.7 Å². The van der Waals surface area contributed by atoms with Crippen molar-refractivity contribution in [1.29, 1.82) is 0 Å². The van der Waals surface area contributed by atoms with Gasteiger partial charge in [0.1, 0.15) is 18.2 Å². The molecular weight excluding hydrogens is 326 g/mol. The predicted octanol–water partition coefficient (Wildman–Crippen LogP) is 1.95. The van der Waals surface area contributed by atoms with Crippen molar-refractivity contribution in [3.8, 4) is 0 Å². The van der Waals surface area contributed by atoms with Crippen molar-refractivity contribution in [2.45, 2.75) is 45.4 Å². The molecule has 1 aromatic rings. The molecule has 1 aliphatic rings. The van der Waals surface area contributed by atoms with Gasteiger partial charge in [-0.25, -0.2) is 20.0 Å². The first-order valence-corrected chi connectivity index (χ1v) is 8.03. The van der Waals surface area contributed by atoms with Gasteiger partial charge in [0.25, 0.3) is 5.91 Å². The molecule has 0 aromatic heterocycles. The van der Waals surface area contributed by atoms with Crippen LogP contribution < -0.4 is 10.7 Å². The Labute approximate surface area is 146 Å². The topological polar surface area (TPSA) is 97.0 Å². The van der Waals surface area contributed by atoms with Crippen LogP contribution in [0.2, 0.25) is 0 Å². The molecule has 8 heteroatoms. The summed E-state index contributed by atoms with van der Waals surface area (Å²) in [4.78, 5) is 35.7. The summed E-state index contributed by atoms with van der Waals surface area (Å²) < 4.78 is 10.2. The molecule has 3 amide bonds. The fourth-order valence-electron chi connectivity index (χ4n) is 2.24. The van der Waals surface area contributed by atoms with E-state index < -0.39 is 29.7 Å². The molecule has 0 radical (unpaired) electrons. The summed E-state index contributed by atoms with van der Waals surface area (Å²) in [7, 11) is 0. The third-order valence-corrected chi connectivity index (χ3v) is 3.34. The van der Waals surface area contributed by atoms with Gasteiger partial charge >= 0.3 is 12.2 Å². The van der Waals surface area contributed by atoms with Crippen molar-refractivity contribution >= 4 is 18.1 Å². The fourth-order valence-corrected chi connectivity index (χ4v) is 2.24. The molecule has 2 rings (SSSR count). The molecule has 1 fully saturated rings. The summed E-state index contributed by atoms with van der Waals surface area (Å²) in [6.07, 6.45) is -1.02. The molecule has 0 bridgehead atoms. The molecule has 1 aromatic carbocycles. The first kappa shape index (κ1) is 18.6. The molecule has 0 saturated carbocycles. The Hall–Kier alpha value is -2.77. The van der Waals surface area contributed by atoms with Gasteiger partial charge in [-0.3, -0.25) is 4.79 Å². The van der Waals surface area contributed by atoms with E-state index in [1.807, 2.05) is 30.3 Å². The Morgan fingerprint density at radius 1 is 1.20 bits per heavy atom. The molecule has 136 valence electrons. The van der Waals surface area contributed by atoms with Crippen molar-refractivity contribution in [3.63, 3.8) is 0 Å². The molecule has 25 heavy (non-hydrogen) atoms. The fraction of sp³-hybridized carbons (Fsp3) is 0.471. The van der Waals surface area contributed by atoms with Crippen molar-refractivity contribution in [3.05, 3.63) is 35.9 Å². The SMILES string of the molecule is CC(C)(C)OC(=O)NN1CC[C@@H](NC(=O)OCc2ccccc2)C1=O. The zero-order valence-corrected chi connectivity index (χ0v) is 14.6. The number of benzene rings is 1. The summed E-state index contributed by atoms with van der Waals surface area (Å²) in [5.74, 6) is -0.414. The molecular formula is C17H23N3O5. The average molecular weight is 349 g/mol. The highest BCUT2D eigenvalue weighted by molar-refractivity contribution is 5.88. The van der Waals surface area contributed by atoms with Crippen molar-refractivity contribution in [1.82, 2.24) is 15.8 Å². The van der Waals surface area contributed by atoms with Gasteiger partial charge in [-0.15, -0.1) is 0 Å². The number of nitrogens with zero attached hydrogens (tertiary/aromatic N) is 1. The highest BCUT2D eigenvalue weighted by atomic mass is 16.6. The number of carbonyl (C=O) groups is 3. The number of alkyl carbamates (subject to hydrolysis) is 1. The third kappa shape index (κ3) is 5.98. The number of hydrogen-bond donors (Lipinski definition) is 2. The molecule has 2 N–H and O–H groups in total. The second-order valence-corrected chi connectivity index (χ2v) is 6.65. The molecule has 1 aliphatic heterocycles. The highest BCUT2D eigenvalue weighted by Crippen LogP contribution is 2.11. The number of nitrogens with one attached hydrogen (secondary N) is 2. The Kier molecular flexibility index (Phi) is 5.84. The van der Waals surface area contributed by atoms with Gasteiger partial charge in [0.2, 0.25) is 0 Å². The van der Waals surface area contributed by atoms with E-state index in [9.17, 15) is 14.4 Å². The van der Waals surface area contributed by atoms with E-state index in [0.29, 0.717) is 6.42 Å². The normalized spacial score (nSPS) is 17.2. The Morgan fingerprint density at radius 3 is 2.52 bits per heavy atom. The predicted molar refractivity (Wildman–Crippen MR) is 89.3 cm³/mol. The minimum Gasteiger partial charge on any atom is -0.445 e. The van der Waals surface area contributed by atoms with Gasteiger partial charge in [0, 0.05) is 6.54 Å². The van der Waals surface area contributed by atoms with Gasteiger partial charge in [0.15, 0.2) is 0 Å². The Bertz CT molecular complexity index is 627. The minimum atomic E-state index is -0.738. The van der Waals surface area contributed by atoms with Crippen molar-refractivity contribution in [2.24, 2.45) is 0 Å². The number of carbonyl (C=O) groups excluding carboxylic acids is 3. The smallest absolute Gasteiger partial charge is 0.426 e. The molecule has 1 atom stereocenters. The zero-order valence-electron chi connectivity index (χ0n) is 14.6. The van der Waals surface area contributed by atoms with E-state index in [-0.39, 0.29) is 13.2 Å². The van der Waals surface area contributed by atoms with Crippen LogP contribution in [0.25, 0.3) is 0 Å². The van der Waals surface area contributed by atoms with Crippen LogP contribution in [0, 0.1) is 0 Å². The number of rotatable bonds is 4. The van der Waals surface area contributed by atoms with Crippen LogP contribution in [0.4, 0.5) is 9.59 Å².